The second-order valence-electron chi connectivity index (χ2n) is 4.53. The van der Waals surface area contributed by atoms with Crippen molar-refractivity contribution < 1.29 is 4.79 Å². The van der Waals surface area contributed by atoms with E-state index >= 15 is 0 Å². The fraction of sp³-hybridized carbons (Fsp3) is 0.500. The van der Waals surface area contributed by atoms with Crippen molar-refractivity contribution in [1.82, 2.24) is 0 Å². The summed E-state index contributed by atoms with van der Waals surface area (Å²) >= 11 is 0. The first-order valence-electron chi connectivity index (χ1n) is 6.40. The second kappa shape index (κ2) is 5.71. The van der Waals surface area contributed by atoms with E-state index in [1.165, 1.54) is 24.1 Å². The topological polar surface area (TPSA) is 41.1 Å². The van der Waals surface area contributed by atoms with Crippen molar-refractivity contribution in [3.05, 3.63) is 23.8 Å². The predicted octanol–water partition coefficient (Wildman–Crippen LogP) is 2.82. The molecule has 3 heteroatoms. The van der Waals surface area contributed by atoms with Gasteiger partial charge in [0.1, 0.15) is 6.29 Å². The van der Waals surface area contributed by atoms with Gasteiger partial charge >= 0.3 is 0 Å². The van der Waals surface area contributed by atoms with Crippen molar-refractivity contribution in [3.63, 3.8) is 0 Å². The maximum atomic E-state index is 10.4. The molecule has 0 unspecified atom stereocenters. The first kappa shape index (κ1) is 12.0. The number of hydrogen-bond donors (Lipinski definition) is 2. The molecule has 0 aliphatic heterocycles. The number of aryl methyl sites for hydroxylation is 1. The Morgan fingerprint density at radius 3 is 2.88 bits per heavy atom. The molecular formula is C14H20N2O. The van der Waals surface area contributed by atoms with Gasteiger partial charge in [-0.25, -0.2) is 0 Å². The van der Waals surface area contributed by atoms with E-state index in [4.69, 9.17) is 0 Å². The highest BCUT2D eigenvalue weighted by Crippen LogP contribution is 2.28. The minimum atomic E-state index is 0.591. The molecular weight excluding hydrogens is 212 g/mol. The largest absolute Gasteiger partial charge is 0.385 e. The molecule has 0 atom stereocenters. The highest BCUT2D eigenvalue weighted by Gasteiger charge is 2.20. The van der Waals surface area contributed by atoms with Gasteiger partial charge in [-0.2, -0.15) is 0 Å². The van der Waals surface area contributed by atoms with E-state index in [0.717, 1.165) is 24.9 Å². The van der Waals surface area contributed by atoms with Gasteiger partial charge in [-0.05, 0) is 43.9 Å². The number of aldehydes is 1. The molecule has 0 bridgehead atoms. The van der Waals surface area contributed by atoms with Crippen LogP contribution in [-0.2, 0) is 11.2 Å². The van der Waals surface area contributed by atoms with Crippen LogP contribution in [0.4, 0.5) is 11.4 Å². The molecule has 1 aromatic carbocycles. The first-order chi connectivity index (χ1) is 8.33. The predicted molar refractivity (Wildman–Crippen MR) is 71.6 cm³/mol. The monoisotopic (exact) mass is 232 g/mol. The molecule has 92 valence electrons. The van der Waals surface area contributed by atoms with Crippen molar-refractivity contribution in [1.29, 1.82) is 0 Å². The highest BCUT2D eigenvalue weighted by molar-refractivity contribution is 5.63. The first-order valence-corrected chi connectivity index (χ1v) is 6.40. The van der Waals surface area contributed by atoms with Gasteiger partial charge in [0, 0.05) is 30.4 Å². The van der Waals surface area contributed by atoms with E-state index in [2.05, 4.69) is 35.8 Å². The van der Waals surface area contributed by atoms with E-state index in [9.17, 15) is 4.79 Å². The third-order valence-corrected chi connectivity index (χ3v) is 2.96. The van der Waals surface area contributed by atoms with Gasteiger partial charge in [0.05, 0.1) is 0 Å². The maximum absolute atomic E-state index is 10.4. The van der Waals surface area contributed by atoms with Gasteiger partial charge in [-0.3, -0.25) is 0 Å². The lowest BCUT2D eigenvalue weighted by Gasteiger charge is -2.13. The Kier molecular flexibility index (Phi) is 4.02. The summed E-state index contributed by atoms with van der Waals surface area (Å²) in [5, 5.41) is 6.85. The Bertz CT molecular complexity index is 386. The van der Waals surface area contributed by atoms with E-state index < -0.39 is 0 Å². The van der Waals surface area contributed by atoms with Crippen molar-refractivity contribution in [2.75, 3.05) is 17.2 Å². The Hall–Kier alpha value is -1.51. The summed E-state index contributed by atoms with van der Waals surface area (Å²) in [4.78, 5) is 10.4. The Labute approximate surface area is 103 Å². The number of nitrogens with one attached hydrogen (secondary N) is 2. The summed E-state index contributed by atoms with van der Waals surface area (Å²) in [5.74, 6) is 0. The fourth-order valence-corrected chi connectivity index (χ4v) is 1.92. The minimum Gasteiger partial charge on any atom is -0.385 e. The molecule has 2 rings (SSSR count). The number of hydrogen-bond acceptors (Lipinski definition) is 3. The molecule has 0 spiro atoms. The van der Waals surface area contributed by atoms with Crippen LogP contribution in [0.2, 0.25) is 0 Å². The third kappa shape index (κ3) is 3.48. The van der Waals surface area contributed by atoms with Crippen LogP contribution in [0.1, 0.15) is 31.7 Å². The number of carbonyl (C=O) groups excluding carboxylic acids is 1. The third-order valence-electron chi connectivity index (χ3n) is 2.96. The Morgan fingerprint density at radius 1 is 1.41 bits per heavy atom. The van der Waals surface area contributed by atoms with E-state index in [-0.39, 0.29) is 0 Å². The number of carbonyl (C=O) groups is 1. The maximum Gasteiger partial charge on any atom is 0.120 e. The molecule has 0 radical (unpaired) electrons. The minimum absolute atomic E-state index is 0.591. The summed E-state index contributed by atoms with van der Waals surface area (Å²) in [6.07, 6.45) is 4.95. The van der Waals surface area contributed by atoms with E-state index in [1.807, 2.05) is 0 Å². The van der Waals surface area contributed by atoms with Crippen molar-refractivity contribution in [2.45, 2.75) is 38.6 Å². The van der Waals surface area contributed by atoms with Gasteiger partial charge in [0.2, 0.25) is 0 Å². The molecule has 0 amide bonds. The average molecular weight is 232 g/mol. The van der Waals surface area contributed by atoms with Gasteiger partial charge in [-0.1, -0.05) is 6.07 Å². The van der Waals surface area contributed by atoms with E-state index in [1.54, 1.807) is 0 Å². The van der Waals surface area contributed by atoms with Crippen LogP contribution < -0.4 is 10.6 Å². The Morgan fingerprint density at radius 2 is 2.24 bits per heavy atom. The standard InChI is InChI=1S/C14H20N2O/c1-2-15-14-10-13(16-12-7-8-12)6-5-11(14)4-3-9-17/h5-6,9-10,12,15-16H,2-4,7-8H2,1H3. The van der Waals surface area contributed by atoms with Gasteiger partial charge in [-0.15, -0.1) is 0 Å². The lowest BCUT2D eigenvalue weighted by atomic mass is 10.1. The van der Waals surface area contributed by atoms with Crippen LogP contribution in [0.5, 0.6) is 0 Å². The van der Waals surface area contributed by atoms with Crippen LogP contribution >= 0.6 is 0 Å². The molecule has 2 N–H and O–H groups in total. The zero-order valence-corrected chi connectivity index (χ0v) is 10.3. The van der Waals surface area contributed by atoms with Crippen LogP contribution in [0.3, 0.4) is 0 Å². The number of anilines is 2. The van der Waals surface area contributed by atoms with Gasteiger partial charge in [0.15, 0.2) is 0 Å². The van der Waals surface area contributed by atoms with Crippen LogP contribution in [0.25, 0.3) is 0 Å². The van der Waals surface area contributed by atoms with Crippen LogP contribution in [0.15, 0.2) is 18.2 Å². The van der Waals surface area contributed by atoms with Crippen molar-refractivity contribution >= 4 is 17.7 Å². The zero-order valence-electron chi connectivity index (χ0n) is 10.3. The lowest BCUT2D eigenvalue weighted by Crippen LogP contribution is -2.05. The van der Waals surface area contributed by atoms with Crippen molar-refractivity contribution in [3.8, 4) is 0 Å². The fourth-order valence-electron chi connectivity index (χ4n) is 1.92. The summed E-state index contributed by atoms with van der Waals surface area (Å²) in [7, 11) is 0. The molecule has 0 heterocycles. The second-order valence-corrected chi connectivity index (χ2v) is 4.53. The smallest absolute Gasteiger partial charge is 0.120 e. The highest BCUT2D eigenvalue weighted by atomic mass is 16.1. The molecule has 0 saturated heterocycles. The van der Waals surface area contributed by atoms with Gasteiger partial charge in [0.25, 0.3) is 0 Å². The van der Waals surface area contributed by atoms with E-state index in [0.29, 0.717) is 12.5 Å². The molecule has 17 heavy (non-hydrogen) atoms. The average Bonchev–Trinajstić information content (AvgIpc) is 3.12. The number of rotatable bonds is 7. The van der Waals surface area contributed by atoms with Gasteiger partial charge < -0.3 is 15.4 Å². The molecule has 1 fully saturated rings. The molecule has 1 aromatic rings. The molecule has 1 aliphatic rings. The SMILES string of the molecule is CCNc1cc(NC2CC2)ccc1CCC=O. The summed E-state index contributed by atoms with van der Waals surface area (Å²) in [5.41, 5.74) is 3.55. The normalized spacial score (nSPS) is 14.4. The summed E-state index contributed by atoms with van der Waals surface area (Å²) in [6.45, 7) is 2.99. The number of benzene rings is 1. The molecule has 1 aliphatic carbocycles. The summed E-state index contributed by atoms with van der Waals surface area (Å²) < 4.78 is 0. The zero-order chi connectivity index (χ0) is 12.1. The summed E-state index contributed by atoms with van der Waals surface area (Å²) in [6, 6.07) is 7.05. The lowest BCUT2D eigenvalue weighted by molar-refractivity contribution is -0.107. The molecule has 0 aromatic heterocycles. The van der Waals surface area contributed by atoms with Crippen molar-refractivity contribution in [2.24, 2.45) is 0 Å². The molecule has 1 saturated carbocycles. The quantitative estimate of drug-likeness (QED) is 0.710. The van der Waals surface area contributed by atoms with Crippen LogP contribution in [0, 0.1) is 0 Å². The Balaban J connectivity index is 2.10. The van der Waals surface area contributed by atoms with Crippen LogP contribution in [-0.4, -0.2) is 18.9 Å². The molecule has 3 nitrogen and oxygen atoms in total.